The third kappa shape index (κ3) is 3.67. The maximum atomic E-state index is 12.9. The van der Waals surface area contributed by atoms with Gasteiger partial charge < -0.3 is 10.1 Å². The molecular weight excluding hydrogens is 340 g/mol. The minimum absolute atomic E-state index is 0.0222. The number of amides is 1. The van der Waals surface area contributed by atoms with Crippen molar-refractivity contribution in [1.82, 2.24) is 0 Å². The van der Waals surface area contributed by atoms with Crippen molar-refractivity contribution in [2.45, 2.75) is 17.7 Å². The molecule has 0 fully saturated rings. The monoisotopic (exact) mass is 360 g/mol. The molecule has 3 rings (SSSR count). The summed E-state index contributed by atoms with van der Waals surface area (Å²) in [6.07, 6.45) is 1.50. The van der Waals surface area contributed by atoms with Crippen LogP contribution in [0.25, 0.3) is 0 Å². The Labute approximate surface area is 147 Å². The summed E-state index contributed by atoms with van der Waals surface area (Å²) in [5.74, 6) is -0.243. The molecule has 1 N–H and O–H groups in total. The lowest BCUT2D eigenvalue weighted by Crippen LogP contribution is -2.35. The number of fused-ring (bicyclic) bond motifs is 1. The van der Waals surface area contributed by atoms with Gasteiger partial charge in [-0.3, -0.25) is 9.10 Å². The van der Waals surface area contributed by atoms with Gasteiger partial charge in [-0.25, -0.2) is 8.42 Å². The van der Waals surface area contributed by atoms with Crippen LogP contribution in [0.15, 0.2) is 53.4 Å². The number of nitrogens with one attached hydrogen (secondary N) is 1. The number of hydrogen-bond donors (Lipinski definition) is 1. The summed E-state index contributed by atoms with van der Waals surface area (Å²) >= 11 is 0. The van der Waals surface area contributed by atoms with Gasteiger partial charge in [-0.15, -0.1) is 0 Å². The number of aryl methyl sites for hydroxylation is 1. The topological polar surface area (TPSA) is 75.7 Å². The van der Waals surface area contributed by atoms with Gasteiger partial charge in [0, 0.05) is 19.3 Å². The number of rotatable bonds is 5. The van der Waals surface area contributed by atoms with Crippen molar-refractivity contribution in [2.75, 3.05) is 29.9 Å². The molecule has 2 aromatic carbocycles. The number of sulfonamides is 1. The highest BCUT2D eigenvalue weighted by Gasteiger charge is 2.29. The van der Waals surface area contributed by atoms with E-state index in [0.29, 0.717) is 17.9 Å². The van der Waals surface area contributed by atoms with Crippen molar-refractivity contribution in [3.05, 3.63) is 54.1 Å². The highest BCUT2D eigenvalue weighted by molar-refractivity contribution is 7.92. The van der Waals surface area contributed by atoms with Gasteiger partial charge >= 0.3 is 0 Å². The summed E-state index contributed by atoms with van der Waals surface area (Å²) in [6, 6.07) is 13.7. The highest BCUT2D eigenvalue weighted by Crippen LogP contribution is 2.33. The van der Waals surface area contributed by atoms with Crippen LogP contribution in [-0.4, -0.2) is 34.6 Å². The van der Waals surface area contributed by atoms with E-state index in [9.17, 15) is 13.2 Å². The maximum Gasteiger partial charge on any atom is 0.264 e. The van der Waals surface area contributed by atoms with Gasteiger partial charge in [0.2, 0.25) is 5.91 Å². The predicted molar refractivity (Wildman–Crippen MR) is 96.2 cm³/mol. The van der Waals surface area contributed by atoms with Crippen LogP contribution < -0.4 is 9.62 Å². The molecule has 0 aliphatic carbocycles. The van der Waals surface area contributed by atoms with Crippen molar-refractivity contribution in [1.29, 1.82) is 0 Å². The smallest absolute Gasteiger partial charge is 0.264 e. The number of anilines is 2. The Morgan fingerprint density at radius 1 is 1.20 bits per heavy atom. The van der Waals surface area contributed by atoms with E-state index < -0.39 is 10.0 Å². The number of nitrogens with zero attached hydrogens (tertiary/aromatic N) is 1. The van der Waals surface area contributed by atoms with Gasteiger partial charge in [0.15, 0.2) is 0 Å². The van der Waals surface area contributed by atoms with E-state index in [4.69, 9.17) is 4.74 Å². The number of ether oxygens (including phenoxy) is 1. The first-order valence-corrected chi connectivity index (χ1v) is 9.46. The van der Waals surface area contributed by atoms with Crippen LogP contribution in [0.1, 0.15) is 12.0 Å². The second-order valence-corrected chi connectivity index (χ2v) is 7.68. The minimum atomic E-state index is -3.59. The molecule has 1 amide bonds. The molecule has 0 saturated heterocycles. The summed E-state index contributed by atoms with van der Waals surface area (Å²) in [5, 5.41) is 2.75. The maximum absolute atomic E-state index is 12.9. The van der Waals surface area contributed by atoms with Crippen molar-refractivity contribution in [3.8, 4) is 0 Å². The number of hydrogen-bond acceptors (Lipinski definition) is 4. The van der Waals surface area contributed by atoms with Gasteiger partial charge in [0.1, 0.15) is 6.61 Å². The minimum Gasteiger partial charge on any atom is -0.375 e. The SMILES string of the molecule is COCC(=O)Nc1ccc2c(c1)CCCN2S(=O)(=O)c1ccccc1. The molecule has 0 radical (unpaired) electrons. The number of methoxy groups -OCH3 is 1. The second kappa shape index (κ2) is 7.25. The zero-order valence-electron chi connectivity index (χ0n) is 13.9. The van der Waals surface area contributed by atoms with Crippen molar-refractivity contribution in [3.63, 3.8) is 0 Å². The molecule has 0 atom stereocenters. The van der Waals surface area contributed by atoms with E-state index in [1.54, 1.807) is 42.5 Å². The quantitative estimate of drug-likeness (QED) is 0.888. The largest absolute Gasteiger partial charge is 0.375 e. The van der Waals surface area contributed by atoms with Gasteiger partial charge in [-0.05, 0) is 48.7 Å². The molecule has 0 unspecified atom stereocenters. The summed E-state index contributed by atoms with van der Waals surface area (Å²) < 4.78 is 32.1. The Morgan fingerprint density at radius 3 is 2.68 bits per heavy atom. The lowest BCUT2D eigenvalue weighted by molar-refractivity contribution is -0.119. The fourth-order valence-corrected chi connectivity index (χ4v) is 4.50. The summed E-state index contributed by atoms with van der Waals surface area (Å²) in [5.41, 5.74) is 2.21. The lowest BCUT2D eigenvalue weighted by atomic mass is 10.0. The molecule has 132 valence electrons. The molecule has 1 aliphatic heterocycles. The summed E-state index contributed by atoms with van der Waals surface area (Å²) in [6.45, 7) is 0.422. The molecule has 25 heavy (non-hydrogen) atoms. The number of benzene rings is 2. The number of carbonyl (C=O) groups excluding carboxylic acids is 1. The van der Waals surface area contributed by atoms with E-state index in [-0.39, 0.29) is 17.4 Å². The zero-order valence-corrected chi connectivity index (χ0v) is 14.8. The Hall–Kier alpha value is -2.38. The average molecular weight is 360 g/mol. The summed E-state index contributed by atoms with van der Waals surface area (Å²) in [7, 11) is -2.14. The van der Waals surface area contributed by atoms with Crippen molar-refractivity contribution < 1.29 is 17.9 Å². The van der Waals surface area contributed by atoms with Crippen LogP contribution in [0.5, 0.6) is 0 Å². The number of carbonyl (C=O) groups is 1. The molecule has 0 bridgehead atoms. The van der Waals surface area contributed by atoms with Gasteiger partial charge in [0.05, 0.1) is 10.6 Å². The van der Waals surface area contributed by atoms with Gasteiger partial charge in [-0.1, -0.05) is 18.2 Å². The van der Waals surface area contributed by atoms with E-state index in [1.165, 1.54) is 11.4 Å². The van der Waals surface area contributed by atoms with E-state index >= 15 is 0 Å². The molecule has 0 spiro atoms. The van der Waals surface area contributed by atoms with E-state index in [1.807, 2.05) is 6.07 Å². The first-order chi connectivity index (χ1) is 12.0. The van der Waals surface area contributed by atoms with Crippen LogP contribution >= 0.6 is 0 Å². The molecule has 0 aromatic heterocycles. The van der Waals surface area contributed by atoms with Crippen LogP contribution in [-0.2, 0) is 26.0 Å². The zero-order chi connectivity index (χ0) is 17.9. The predicted octanol–water partition coefficient (Wildman–Crippen LogP) is 2.41. The first-order valence-electron chi connectivity index (χ1n) is 8.02. The fourth-order valence-electron chi connectivity index (χ4n) is 2.94. The van der Waals surface area contributed by atoms with Crippen molar-refractivity contribution in [2.24, 2.45) is 0 Å². The Bertz CT molecular complexity index is 866. The van der Waals surface area contributed by atoms with Crippen LogP contribution in [0.3, 0.4) is 0 Å². The van der Waals surface area contributed by atoms with E-state index in [2.05, 4.69) is 5.32 Å². The molecular formula is C18H20N2O4S. The van der Waals surface area contributed by atoms with E-state index in [0.717, 1.165) is 18.4 Å². The normalized spacial score (nSPS) is 14.0. The highest BCUT2D eigenvalue weighted by atomic mass is 32.2. The van der Waals surface area contributed by atoms with Crippen molar-refractivity contribution >= 4 is 27.3 Å². The Kier molecular flexibility index (Phi) is 5.06. The fraction of sp³-hybridized carbons (Fsp3) is 0.278. The van der Waals surface area contributed by atoms with Gasteiger partial charge in [0.25, 0.3) is 10.0 Å². The standard InChI is InChI=1S/C18H20N2O4S/c1-24-13-18(21)19-15-9-10-17-14(12-15)6-5-11-20(17)25(22,23)16-7-3-2-4-8-16/h2-4,7-10,12H,5-6,11,13H2,1H3,(H,19,21). The molecule has 1 heterocycles. The molecule has 2 aromatic rings. The van der Waals surface area contributed by atoms with Crippen LogP contribution in [0.2, 0.25) is 0 Å². The molecule has 0 saturated carbocycles. The Balaban J connectivity index is 1.91. The third-order valence-corrected chi connectivity index (χ3v) is 5.87. The molecule has 6 nitrogen and oxygen atoms in total. The molecule has 1 aliphatic rings. The van der Waals surface area contributed by atoms with Crippen LogP contribution in [0, 0.1) is 0 Å². The first kappa shape index (κ1) is 17.4. The van der Waals surface area contributed by atoms with Gasteiger partial charge in [-0.2, -0.15) is 0 Å². The summed E-state index contributed by atoms with van der Waals surface area (Å²) in [4.78, 5) is 11.9. The second-order valence-electron chi connectivity index (χ2n) is 5.82. The molecule has 7 heteroatoms. The average Bonchev–Trinajstić information content (AvgIpc) is 2.62. The van der Waals surface area contributed by atoms with Crippen LogP contribution in [0.4, 0.5) is 11.4 Å². The lowest BCUT2D eigenvalue weighted by Gasteiger charge is -2.30. The third-order valence-electron chi connectivity index (χ3n) is 4.05. The Morgan fingerprint density at radius 2 is 1.96 bits per heavy atom.